The number of nitrogens with one attached hydrogen (secondary N) is 1. The monoisotopic (exact) mass is 394 g/mol. The van der Waals surface area contributed by atoms with Crippen LogP contribution in [0.2, 0.25) is 0 Å². The lowest BCUT2D eigenvalue weighted by molar-refractivity contribution is 0.0995. The SMILES string of the molecule is O=C(N=Nc1c(O)[nH]c2ccc(Br)cc12)c1cnc2ccccc2c1. The molecule has 0 unspecified atom stereocenters. The predicted octanol–water partition coefficient (Wildman–Crippen LogP) is 5.11. The molecule has 0 radical (unpaired) electrons. The Morgan fingerprint density at radius 3 is 2.88 bits per heavy atom. The Balaban J connectivity index is 1.70. The summed E-state index contributed by atoms with van der Waals surface area (Å²) in [5.41, 5.74) is 2.06. The number of azo groups is 1. The van der Waals surface area contributed by atoms with Gasteiger partial charge in [-0.15, -0.1) is 10.2 Å². The number of aromatic nitrogens is 2. The fourth-order valence-electron chi connectivity index (χ4n) is 2.58. The van der Waals surface area contributed by atoms with Crippen molar-refractivity contribution in [1.82, 2.24) is 9.97 Å². The second-order valence-corrected chi connectivity index (χ2v) is 6.35. The lowest BCUT2D eigenvalue weighted by atomic mass is 10.1. The Kier molecular flexibility index (Phi) is 3.77. The van der Waals surface area contributed by atoms with Gasteiger partial charge in [-0.3, -0.25) is 9.78 Å². The molecule has 0 aliphatic carbocycles. The fourth-order valence-corrected chi connectivity index (χ4v) is 2.94. The summed E-state index contributed by atoms with van der Waals surface area (Å²) < 4.78 is 0.834. The molecule has 2 N–H and O–H groups in total. The van der Waals surface area contributed by atoms with Crippen LogP contribution >= 0.6 is 15.9 Å². The summed E-state index contributed by atoms with van der Waals surface area (Å²) in [5, 5.41) is 19.2. The third kappa shape index (κ3) is 2.89. The van der Waals surface area contributed by atoms with Crippen molar-refractivity contribution in [3.63, 3.8) is 0 Å². The maximum atomic E-state index is 12.3. The zero-order chi connectivity index (χ0) is 17.4. The molecule has 0 atom stereocenters. The zero-order valence-electron chi connectivity index (χ0n) is 12.8. The Hall–Kier alpha value is -3.06. The Morgan fingerprint density at radius 2 is 2.00 bits per heavy atom. The van der Waals surface area contributed by atoms with Gasteiger partial charge in [0.05, 0.1) is 16.6 Å². The second-order valence-electron chi connectivity index (χ2n) is 5.43. The van der Waals surface area contributed by atoms with Gasteiger partial charge in [0.25, 0.3) is 5.91 Å². The minimum atomic E-state index is -0.526. The number of pyridine rings is 1. The molecule has 0 aliphatic rings. The van der Waals surface area contributed by atoms with Gasteiger partial charge in [0, 0.05) is 21.4 Å². The van der Waals surface area contributed by atoms with Crippen LogP contribution in [-0.2, 0) is 0 Å². The smallest absolute Gasteiger partial charge is 0.296 e. The van der Waals surface area contributed by atoms with Crippen LogP contribution in [0.5, 0.6) is 5.88 Å². The highest BCUT2D eigenvalue weighted by molar-refractivity contribution is 9.10. The number of carbonyl (C=O) groups excluding carboxylic acids is 1. The molecular formula is C18H11BrN4O2. The Morgan fingerprint density at radius 1 is 1.16 bits per heavy atom. The predicted molar refractivity (Wildman–Crippen MR) is 98.3 cm³/mol. The Bertz CT molecular complexity index is 1150. The molecule has 1 amide bonds. The van der Waals surface area contributed by atoms with E-state index in [2.05, 4.69) is 36.1 Å². The molecule has 2 aromatic carbocycles. The molecule has 0 fully saturated rings. The van der Waals surface area contributed by atoms with Gasteiger partial charge < -0.3 is 10.1 Å². The largest absolute Gasteiger partial charge is 0.493 e. The first-order valence-electron chi connectivity index (χ1n) is 7.43. The van der Waals surface area contributed by atoms with Crippen molar-refractivity contribution in [1.29, 1.82) is 0 Å². The molecule has 2 aromatic heterocycles. The number of rotatable bonds is 2. The second kappa shape index (κ2) is 6.10. The van der Waals surface area contributed by atoms with Crippen LogP contribution in [0.4, 0.5) is 5.69 Å². The lowest BCUT2D eigenvalue weighted by Crippen LogP contribution is -1.95. The number of amides is 1. The highest BCUT2D eigenvalue weighted by atomic mass is 79.9. The van der Waals surface area contributed by atoms with E-state index in [9.17, 15) is 9.90 Å². The highest BCUT2D eigenvalue weighted by Gasteiger charge is 2.12. The normalized spacial score (nSPS) is 11.6. The van der Waals surface area contributed by atoms with Gasteiger partial charge in [0.15, 0.2) is 5.69 Å². The topological polar surface area (TPSA) is 90.7 Å². The molecule has 0 saturated carbocycles. The number of hydrogen-bond acceptors (Lipinski definition) is 4. The van der Waals surface area contributed by atoms with Crippen molar-refractivity contribution in [3.8, 4) is 5.88 Å². The first-order valence-corrected chi connectivity index (χ1v) is 8.22. The molecule has 0 bridgehead atoms. The molecule has 0 spiro atoms. The third-order valence-electron chi connectivity index (χ3n) is 3.79. The maximum Gasteiger partial charge on any atom is 0.296 e. The number of halogens is 1. The van der Waals surface area contributed by atoms with Gasteiger partial charge in [-0.05, 0) is 30.3 Å². The quantitative estimate of drug-likeness (QED) is 0.462. The van der Waals surface area contributed by atoms with Gasteiger partial charge in [0.2, 0.25) is 5.88 Å². The number of H-pyrrole nitrogens is 1. The molecule has 4 aromatic rings. The average Bonchev–Trinajstić information content (AvgIpc) is 2.93. The van der Waals surface area contributed by atoms with Crippen LogP contribution in [0, 0.1) is 0 Å². The molecule has 7 heteroatoms. The van der Waals surface area contributed by atoms with Crippen molar-refractivity contribution in [2.45, 2.75) is 0 Å². The molecule has 6 nitrogen and oxygen atoms in total. The van der Waals surface area contributed by atoms with E-state index >= 15 is 0 Å². The van der Waals surface area contributed by atoms with E-state index in [0.717, 1.165) is 15.4 Å². The van der Waals surface area contributed by atoms with Crippen molar-refractivity contribution < 1.29 is 9.90 Å². The van der Waals surface area contributed by atoms with Gasteiger partial charge in [-0.1, -0.05) is 34.1 Å². The summed E-state index contributed by atoms with van der Waals surface area (Å²) in [4.78, 5) is 19.3. The third-order valence-corrected chi connectivity index (χ3v) is 4.29. The van der Waals surface area contributed by atoms with Crippen LogP contribution in [0.3, 0.4) is 0 Å². The van der Waals surface area contributed by atoms with Crippen LogP contribution in [0.25, 0.3) is 21.8 Å². The number of para-hydroxylation sites is 1. The Labute approximate surface area is 150 Å². The molecule has 2 heterocycles. The number of benzene rings is 2. The minimum Gasteiger partial charge on any atom is -0.493 e. The van der Waals surface area contributed by atoms with Gasteiger partial charge in [0.1, 0.15) is 0 Å². The zero-order valence-corrected chi connectivity index (χ0v) is 14.4. The summed E-state index contributed by atoms with van der Waals surface area (Å²) in [6.07, 6.45) is 1.47. The molecular weight excluding hydrogens is 384 g/mol. The van der Waals surface area contributed by atoms with E-state index in [1.807, 2.05) is 30.3 Å². The summed E-state index contributed by atoms with van der Waals surface area (Å²) in [6, 6.07) is 14.7. The van der Waals surface area contributed by atoms with Gasteiger partial charge in [-0.2, -0.15) is 0 Å². The van der Waals surface area contributed by atoms with E-state index < -0.39 is 5.91 Å². The maximum absolute atomic E-state index is 12.3. The summed E-state index contributed by atoms with van der Waals surface area (Å²) in [6.45, 7) is 0. The molecule has 0 aliphatic heterocycles. The van der Waals surface area contributed by atoms with Crippen molar-refractivity contribution in [2.24, 2.45) is 10.2 Å². The molecule has 122 valence electrons. The number of nitrogens with zero attached hydrogens (tertiary/aromatic N) is 3. The number of aromatic hydroxyl groups is 1. The van der Waals surface area contributed by atoms with Gasteiger partial charge >= 0.3 is 0 Å². The van der Waals surface area contributed by atoms with Crippen molar-refractivity contribution >= 4 is 49.3 Å². The average molecular weight is 395 g/mol. The number of fused-ring (bicyclic) bond motifs is 2. The number of hydrogen-bond donors (Lipinski definition) is 2. The lowest BCUT2D eigenvalue weighted by Gasteiger charge is -1.98. The summed E-state index contributed by atoms with van der Waals surface area (Å²) in [5.74, 6) is -0.664. The van der Waals surface area contributed by atoms with Crippen molar-refractivity contribution in [3.05, 3.63) is 64.8 Å². The fraction of sp³-hybridized carbons (Fsp3) is 0. The first kappa shape index (κ1) is 15.5. The molecule has 4 rings (SSSR count). The van der Waals surface area contributed by atoms with E-state index in [-0.39, 0.29) is 11.6 Å². The van der Waals surface area contributed by atoms with E-state index in [1.165, 1.54) is 6.20 Å². The molecule has 0 saturated heterocycles. The number of carbonyl (C=O) groups is 1. The van der Waals surface area contributed by atoms with Crippen LogP contribution < -0.4 is 0 Å². The van der Waals surface area contributed by atoms with Crippen LogP contribution in [0.1, 0.15) is 10.4 Å². The van der Waals surface area contributed by atoms with E-state index in [0.29, 0.717) is 16.5 Å². The summed E-state index contributed by atoms with van der Waals surface area (Å²) >= 11 is 3.37. The minimum absolute atomic E-state index is 0.138. The molecule has 25 heavy (non-hydrogen) atoms. The van der Waals surface area contributed by atoms with Crippen LogP contribution in [-0.4, -0.2) is 21.0 Å². The number of aromatic amines is 1. The van der Waals surface area contributed by atoms with Gasteiger partial charge in [-0.25, -0.2) is 0 Å². The van der Waals surface area contributed by atoms with E-state index in [1.54, 1.807) is 18.2 Å². The summed E-state index contributed by atoms with van der Waals surface area (Å²) in [7, 11) is 0. The standard InChI is InChI=1S/C18H11BrN4O2/c19-12-5-6-15-13(8-12)16(18(25)21-15)22-23-17(24)11-7-10-3-1-2-4-14(10)20-9-11/h1-9,21,25H. The van der Waals surface area contributed by atoms with Crippen LogP contribution in [0.15, 0.2) is 69.4 Å². The van der Waals surface area contributed by atoms with Crippen molar-refractivity contribution in [2.75, 3.05) is 0 Å². The highest BCUT2D eigenvalue weighted by Crippen LogP contribution is 2.36. The van der Waals surface area contributed by atoms with E-state index in [4.69, 9.17) is 0 Å². The first-order chi connectivity index (χ1) is 12.1.